The number of halogens is 1. The molecule has 27 heavy (non-hydrogen) atoms. The van der Waals surface area contributed by atoms with E-state index in [0.29, 0.717) is 23.8 Å². The zero-order chi connectivity index (χ0) is 19.4. The van der Waals surface area contributed by atoms with Crippen molar-refractivity contribution in [2.45, 2.75) is 30.7 Å². The number of carbonyl (C=O) groups is 1. The Hall–Kier alpha value is -2.09. The van der Waals surface area contributed by atoms with Crippen LogP contribution >= 0.6 is 11.6 Å². The summed E-state index contributed by atoms with van der Waals surface area (Å²) in [6, 6.07) is 12.9. The Morgan fingerprint density at radius 3 is 2.15 bits per heavy atom. The number of anilines is 2. The molecule has 2 aromatic carbocycles. The molecule has 144 valence electrons. The molecule has 1 saturated heterocycles. The predicted octanol–water partition coefficient (Wildman–Crippen LogP) is 3.56. The van der Waals surface area contributed by atoms with E-state index in [0.717, 1.165) is 18.5 Å². The summed E-state index contributed by atoms with van der Waals surface area (Å²) < 4.78 is 26.5. The number of nitrogens with one attached hydrogen (secondary N) is 2. The maximum Gasteiger partial charge on any atom is 0.246 e. The molecule has 0 saturated carbocycles. The topological polar surface area (TPSA) is 78.5 Å². The Morgan fingerprint density at radius 1 is 1.00 bits per heavy atom. The van der Waals surface area contributed by atoms with E-state index in [1.54, 1.807) is 43.3 Å². The molecule has 6 nitrogen and oxygen atoms in total. The molecule has 1 aliphatic rings. The van der Waals surface area contributed by atoms with Crippen molar-refractivity contribution in [1.29, 1.82) is 0 Å². The summed E-state index contributed by atoms with van der Waals surface area (Å²) in [4.78, 5) is 12.6. The van der Waals surface area contributed by atoms with Crippen LogP contribution in [0.2, 0.25) is 5.02 Å². The number of nitrogens with zero attached hydrogens (tertiary/aromatic N) is 1. The van der Waals surface area contributed by atoms with E-state index in [4.69, 9.17) is 11.6 Å². The van der Waals surface area contributed by atoms with Gasteiger partial charge in [-0.25, -0.2) is 8.42 Å². The van der Waals surface area contributed by atoms with Gasteiger partial charge in [-0.15, -0.1) is 0 Å². The number of rotatable bonds is 6. The smallest absolute Gasteiger partial charge is 0.246 e. The molecule has 1 heterocycles. The van der Waals surface area contributed by atoms with Crippen LogP contribution in [0.15, 0.2) is 53.4 Å². The minimum Gasteiger partial charge on any atom is -0.374 e. The summed E-state index contributed by atoms with van der Waals surface area (Å²) in [6.45, 7) is 2.87. The molecule has 8 heteroatoms. The van der Waals surface area contributed by atoms with Crippen molar-refractivity contribution in [3.8, 4) is 0 Å². The van der Waals surface area contributed by atoms with Crippen molar-refractivity contribution in [2.75, 3.05) is 23.7 Å². The second-order valence-electron chi connectivity index (χ2n) is 6.50. The molecule has 1 aliphatic heterocycles. The second kappa shape index (κ2) is 8.29. The van der Waals surface area contributed by atoms with Gasteiger partial charge in [0.2, 0.25) is 15.9 Å². The molecule has 2 aromatic rings. The van der Waals surface area contributed by atoms with E-state index in [1.807, 2.05) is 0 Å². The number of hydrogen-bond acceptors (Lipinski definition) is 4. The molecule has 0 bridgehead atoms. The lowest BCUT2D eigenvalue weighted by molar-refractivity contribution is -0.116. The Kier molecular flexibility index (Phi) is 6.04. The Bertz CT molecular complexity index is 893. The first-order chi connectivity index (χ1) is 12.9. The highest BCUT2D eigenvalue weighted by Crippen LogP contribution is 2.22. The maximum atomic E-state index is 12.5. The molecular weight excluding hydrogens is 386 g/mol. The lowest BCUT2D eigenvalue weighted by Gasteiger charge is -2.17. The van der Waals surface area contributed by atoms with Gasteiger partial charge in [0, 0.05) is 29.5 Å². The molecule has 1 atom stereocenters. The number of hydrogen-bond donors (Lipinski definition) is 2. The Labute approximate surface area is 164 Å². The van der Waals surface area contributed by atoms with E-state index in [9.17, 15) is 13.2 Å². The lowest BCUT2D eigenvalue weighted by atomic mass is 10.2. The third-order valence-electron chi connectivity index (χ3n) is 4.45. The van der Waals surface area contributed by atoms with E-state index in [2.05, 4.69) is 10.6 Å². The van der Waals surface area contributed by atoms with E-state index < -0.39 is 16.1 Å². The van der Waals surface area contributed by atoms with Crippen LogP contribution in [0, 0.1) is 0 Å². The largest absolute Gasteiger partial charge is 0.374 e. The van der Waals surface area contributed by atoms with Crippen LogP contribution < -0.4 is 10.6 Å². The molecule has 0 spiro atoms. The fourth-order valence-electron chi connectivity index (χ4n) is 2.90. The number of amides is 1. The van der Waals surface area contributed by atoms with E-state index in [-0.39, 0.29) is 10.8 Å². The average molecular weight is 408 g/mol. The summed E-state index contributed by atoms with van der Waals surface area (Å²) in [5, 5.41) is 6.50. The first kappa shape index (κ1) is 19.7. The standard InChI is InChI=1S/C19H22ClN3O3S/c1-14(21-16-6-4-15(20)5-7-16)19(24)22-17-8-10-18(11-9-17)27(25,26)23-12-2-3-13-23/h4-11,14,21H,2-3,12-13H2,1H3,(H,22,24)/t14-/m1/s1. The van der Waals surface area contributed by atoms with Crippen LogP contribution in [0.5, 0.6) is 0 Å². The summed E-state index contributed by atoms with van der Waals surface area (Å²) in [6.07, 6.45) is 1.79. The molecule has 0 unspecified atom stereocenters. The van der Waals surface area contributed by atoms with Crippen LogP contribution in [-0.2, 0) is 14.8 Å². The van der Waals surface area contributed by atoms with Gasteiger partial charge >= 0.3 is 0 Å². The van der Waals surface area contributed by atoms with Crippen LogP contribution in [0.25, 0.3) is 0 Å². The van der Waals surface area contributed by atoms with Crippen molar-refractivity contribution in [3.63, 3.8) is 0 Å². The van der Waals surface area contributed by atoms with Gasteiger partial charge in [0.05, 0.1) is 4.90 Å². The van der Waals surface area contributed by atoms with Gasteiger partial charge in [0.25, 0.3) is 0 Å². The van der Waals surface area contributed by atoms with Crippen molar-refractivity contribution < 1.29 is 13.2 Å². The Balaban J connectivity index is 1.61. The average Bonchev–Trinajstić information content (AvgIpc) is 3.19. The van der Waals surface area contributed by atoms with Gasteiger partial charge < -0.3 is 10.6 Å². The minimum atomic E-state index is -3.45. The highest BCUT2D eigenvalue weighted by Gasteiger charge is 2.27. The van der Waals surface area contributed by atoms with Gasteiger partial charge in [-0.2, -0.15) is 4.31 Å². The lowest BCUT2D eigenvalue weighted by Crippen LogP contribution is -2.32. The summed E-state index contributed by atoms with van der Waals surface area (Å²) in [5.74, 6) is -0.222. The third-order valence-corrected chi connectivity index (χ3v) is 6.61. The Morgan fingerprint density at radius 2 is 1.56 bits per heavy atom. The van der Waals surface area contributed by atoms with Crippen molar-refractivity contribution in [1.82, 2.24) is 4.31 Å². The van der Waals surface area contributed by atoms with Crippen molar-refractivity contribution in [3.05, 3.63) is 53.6 Å². The molecule has 1 fully saturated rings. The van der Waals surface area contributed by atoms with Gasteiger partial charge in [0.15, 0.2) is 0 Å². The van der Waals surface area contributed by atoms with Gasteiger partial charge in [-0.1, -0.05) is 11.6 Å². The molecule has 0 aliphatic carbocycles. The molecule has 1 amide bonds. The van der Waals surface area contributed by atoms with Gasteiger partial charge in [0.1, 0.15) is 6.04 Å². The molecular formula is C19H22ClN3O3S. The second-order valence-corrected chi connectivity index (χ2v) is 8.87. The summed E-state index contributed by atoms with van der Waals surface area (Å²) in [5.41, 5.74) is 1.33. The van der Waals surface area contributed by atoms with Crippen LogP contribution in [0.3, 0.4) is 0 Å². The zero-order valence-electron chi connectivity index (χ0n) is 15.0. The zero-order valence-corrected chi connectivity index (χ0v) is 16.6. The number of carbonyl (C=O) groups excluding carboxylic acids is 1. The maximum absolute atomic E-state index is 12.5. The van der Waals surface area contributed by atoms with Gasteiger partial charge in [-0.05, 0) is 68.3 Å². The molecule has 3 rings (SSSR count). The number of sulfonamides is 1. The van der Waals surface area contributed by atoms with Crippen LogP contribution in [0.1, 0.15) is 19.8 Å². The van der Waals surface area contributed by atoms with Crippen molar-refractivity contribution >= 4 is 38.9 Å². The summed E-state index contributed by atoms with van der Waals surface area (Å²) in [7, 11) is -3.45. The number of benzene rings is 2. The predicted molar refractivity (Wildman–Crippen MR) is 108 cm³/mol. The van der Waals surface area contributed by atoms with Crippen molar-refractivity contribution in [2.24, 2.45) is 0 Å². The molecule has 0 radical (unpaired) electrons. The van der Waals surface area contributed by atoms with E-state index in [1.165, 1.54) is 16.4 Å². The van der Waals surface area contributed by atoms with Crippen LogP contribution in [-0.4, -0.2) is 37.8 Å². The highest BCUT2D eigenvalue weighted by molar-refractivity contribution is 7.89. The normalized spacial score (nSPS) is 16.1. The quantitative estimate of drug-likeness (QED) is 0.767. The SMILES string of the molecule is C[C@@H](Nc1ccc(Cl)cc1)C(=O)Nc1ccc(S(=O)(=O)N2CCCC2)cc1. The fourth-order valence-corrected chi connectivity index (χ4v) is 4.54. The van der Waals surface area contributed by atoms with Crippen LogP contribution in [0.4, 0.5) is 11.4 Å². The molecule has 2 N–H and O–H groups in total. The molecule has 0 aromatic heterocycles. The first-order valence-electron chi connectivity index (χ1n) is 8.79. The van der Waals surface area contributed by atoms with E-state index >= 15 is 0 Å². The summed E-state index contributed by atoms with van der Waals surface area (Å²) >= 11 is 5.85. The first-order valence-corrected chi connectivity index (χ1v) is 10.6. The van der Waals surface area contributed by atoms with Gasteiger partial charge in [-0.3, -0.25) is 4.79 Å². The monoisotopic (exact) mass is 407 g/mol. The highest BCUT2D eigenvalue weighted by atomic mass is 35.5. The third kappa shape index (κ3) is 4.80. The minimum absolute atomic E-state index is 0.222. The fraction of sp³-hybridized carbons (Fsp3) is 0.316.